The number of thiazole rings is 1. The molecule has 0 saturated heterocycles. The number of aromatic nitrogens is 2. The Balaban J connectivity index is 1.55. The number of anilines is 2. The van der Waals surface area contributed by atoms with Gasteiger partial charge in [-0.2, -0.15) is 0 Å². The molecule has 4 rings (SSSR count). The number of amides is 1. The number of carbonyl (C=O) groups excluding carboxylic acids is 2. The second kappa shape index (κ2) is 9.03. The van der Waals surface area contributed by atoms with Crippen LogP contribution in [0.3, 0.4) is 0 Å². The topological polar surface area (TPSA) is 102 Å². The first-order valence-electron chi connectivity index (χ1n) is 9.65. The van der Waals surface area contributed by atoms with Crippen molar-refractivity contribution in [2.75, 3.05) is 12.0 Å². The van der Waals surface area contributed by atoms with E-state index in [1.807, 2.05) is 6.07 Å². The van der Waals surface area contributed by atoms with Gasteiger partial charge in [0.25, 0.3) is 0 Å². The Morgan fingerprint density at radius 2 is 1.88 bits per heavy atom. The lowest BCUT2D eigenvalue weighted by atomic mass is 10.1. The number of ether oxygens (including phenoxy) is 2. The molecule has 2 heterocycles. The summed E-state index contributed by atoms with van der Waals surface area (Å²) in [5, 5.41) is 2.73. The van der Waals surface area contributed by atoms with Gasteiger partial charge in [-0.3, -0.25) is 14.5 Å². The molecule has 8 nitrogen and oxygen atoms in total. The third kappa shape index (κ3) is 4.23. The number of nitrogens with zero attached hydrogens (tertiary/aromatic N) is 2. The van der Waals surface area contributed by atoms with Gasteiger partial charge in [0.05, 0.1) is 24.1 Å². The number of H-pyrrole nitrogens is 1. The van der Waals surface area contributed by atoms with Crippen molar-refractivity contribution >= 4 is 44.9 Å². The van der Waals surface area contributed by atoms with Gasteiger partial charge in [-0.25, -0.2) is 9.78 Å². The number of carbonyl (C=O) groups is 2. The van der Waals surface area contributed by atoms with Gasteiger partial charge in [0, 0.05) is 29.3 Å². The zero-order chi connectivity index (χ0) is 22.7. The molecule has 162 valence electrons. The maximum Gasteiger partial charge on any atom is 0.339 e. The summed E-state index contributed by atoms with van der Waals surface area (Å²) in [5.74, 6) is -0.329. The highest BCUT2D eigenvalue weighted by atomic mass is 32.1. The Labute approximate surface area is 187 Å². The second-order valence-electron chi connectivity index (χ2n) is 6.82. The van der Waals surface area contributed by atoms with Crippen molar-refractivity contribution in [3.05, 3.63) is 81.6 Å². The second-order valence-corrected chi connectivity index (χ2v) is 7.65. The van der Waals surface area contributed by atoms with Crippen LogP contribution in [0.25, 0.3) is 10.9 Å². The maximum absolute atomic E-state index is 12.7. The summed E-state index contributed by atoms with van der Waals surface area (Å²) < 4.78 is 10.8. The van der Waals surface area contributed by atoms with Gasteiger partial charge < -0.3 is 14.5 Å². The van der Waals surface area contributed by atoms with Crippen LogP contribution in [0, 0.1) is 0 Å². The standard InChI is InChI=1S/C23H19N3O5S/c1-14(27)26(19-9-5-6-10-20(19)30-2)23-24-15(13-32-23)12-31-22(29)17-11-21(28)25-18-8-4-3-7-16(17)18/h3-11,13H,12H2,1-2H3,(H,25,28). The van der Waals surface area contributed by atoms with Crippen LogP contribution in [0.4, 0.5) is 10.8 Å². The monoisotopic (exact) mass is 449 g/mol. The van der Waals surface area contributed by atoms with E-state index >= 15 is 0 Å². The third-order valence-corrected chi connectivity index (χ3v) is 5.57. The number of rotatable bonds is 6. The van der Waals surface area contributed by atoms with Gasteiger partial charge in [-0.1, -0.05) is 30.3 Å². The summed E-state index contributed by atoms with van der Waals surface area (Å²) in [7, 11) is 1.53. The molecule has 2 aromatic heterocycles. The van der Waals surface area contributed by atoms with Gasteiger partial charge in [-0.15, -0.1) is 11.3 Å². The molecule has 1 N–H and O–H groups in total. The summed E-state index contributed by atoms with van der Waals surface area (Å²) in [5.41, 5.74) is 1.39. The summed E-state index contributed by atoms with van der Waals surface area (Å²) in [6, 6.07) is 15.4. The Hall–Kier alpha value is -3.98. The molecule has 0 spiro atoms. The van der Waals surface area contributed by atoms with Crippen molar-refractivity contribution in [3.63, 3.8) is 0 Å². The minimum absolute atomic E-state index is 0.103. The van der Waals surface area contributed by atoms with Crippen molar-refractivity contribution in [2.24, 2.45) is 0 Å². The van der Waals surface area contributed by atoms with Crippen LogP contribution in [0.1, 0.15) is 23.0 Å². The number of pyridine rings is 1. The predicted molar refractivity (Wildman–Crippen MR) is 122 cm³/mol. The van der Waals surface area contributed by atoms with E-state index in [1.165, 1.54) is 36.3 Å². The van der Waals surface area contributed by atoms with E-state index in [4.69, 9.17) is 9.47 Å². The molecule has 9 heteroatoms. The molecule has 0 aliphatic heterocycles. The van der Waals surface area contributed by atoms with E-state index in [-0.39, 0.29) is 23.6 Å². The molecule has 0 atom stereocenters. The van der Waals surface area contributed by atoms with Gasteiger partial charge in [-0.05, 0) is 18.2 Å². The quantitative estimate of drug-likeness (QED) is 0.446. The van der Waals surface area contributed by atoms with Crippen LogP contribution in [0.2, 0.25) is 0 Å². The Kier molecular flexibility index (Phi) is 6.00. The number of methoxy groups -OCH3 is 1. The molecule has 0 bridgehead atoms. The number of nitrogens with one attached hydrogen (secondary N) is 1. The lowest BCUT2D eigenvalue weighted by molar-refractivity contribution is -0.115. The SMILES string of the molecule is COc1ccccc1N(C(C)=O)c1nc(COC(=O)c2cc(=O)[nH]c3ccccc23)cs1. The number of fused-ring (bicyclic) bond motifs is 1. The van der Waals surface area contributed by atoms with Crippen molar-refractivity contribution in [1.82, 2.24) is 9.97 Å². The highest BCUT2D eigenvalue weighted by Crippen LogP contribution is 2.35. The zero-order valence-electron chi connectivity index (χ0n) is 17.3. The number of hydrogen-bond acceptors (Lipinski definition) is 7. The Morgan fingerprint density at radius 3 is 2.66 bits per heavy atom. The van der Waals surface area contributed by atoms with Gasteiger partial charge >= 0.3 is 5.97 Å². The fraction of sp³-hybridized carbons (Fsp3) is 0.130. The molecule has 0 unspecified atom stereocenters. The molecule has 0 fully saturated rings. The number of esters is 1. The van der Waals surface area contributed by atoms with E-state index in [9.17, 15) is 14.4 Å². The molecule has 0 aliphatic carbocycles. The molecule has 4 aromatic rings. The molecule has 0 aliphatic rings. The van der Waals surface area contributed by atoms with E-state index in [0.29, 0.717) is 33.2 Å². The first kappa shape index (κ1) is 21.3. The van der Waals surface area contributed by atoms with Crippen molar-refractivity contribution < 1.29 is 19.1 Å². The molecule has 2 aromatic carbocycles. The average Bonchev–Trinajstić information content (AvgIpc) is 3.25. The first-order chi connectivity index (χ1) is 15.5. The third-order valence-electron chi connectivity index (χ3n) is 4.69. The van der Waals surface area contributed by atoms with Gasteiger partial charge in [0.2, 0.25) is 11.5 Å². The van der Waals surface area contributed by atoms with Gasteiger partial charge in [0.15, 0.2) is 5.13 Å². The highest BCUT2D eigenvalue weighted by Gasteiger charge is 2.22. The minimum Gasteiger partial charge on any atom is -0.495 e. The number of para-hydroxylation sites is 3. The fourth-order valence-corrected chi connectivity index (χ4v) is 4.14. The van der Waals surface area contributed by atoms with Crippen LogP contribution in [-0.4, -0.2) is 29.0 Å². The van der Waals surface area contributed by atoms with E-state index < -0.39 is 5.97 Å². The van der Waals surface area contributed by atoms with Crippen LogP contribution >= 0.6 is 11.3 Å². The first-order valence-corrected chi connectivity index (χ1v) is 10.5. The molecular formula is C23H19N3O5S. The van der Waals surface area contributed by atoms with E-state index in [2.05, 4.69) is 9.97 Å². The average molecular weight is 449 g/mol. The largest absolute Gasteiger partial charge is 0.495 e. The maximum atomic E-state index is 12.7. The smallest absolute Gasteiger partial charge is 0.339 e. The van der Waals surface area contributed by atoms with Gasteiger partial charge in [0.1, 0.15) is 12.4 Å². The minimum atomic E-state index is -0.630. The normalized spacial score (nSPS) is 10.7. The molecule has 0 saturated carbocycles. The van der Waals surface area contributed by atoms with Crippen molar-refractivity contribution in [2.45, 2.75) is 13.5 Å². The molecule has 0 radical (unpaired) electrons. The van der Waals surface area contributed by atoms with Crippen molar-refractivity contribution in [1.29, 1.82) is 0 Å². The highest BCUT2D eigenvalue weighted by molar-refractivity contribution is 7.14. The fourth-order valence-electron chi connectivity index (χ4n) is 3.28. The van der Waals surface area contributed by atoms with Crippen LogP contribution in [0.15, 0.2) is 64.8 Å². The summed E-state index contributed by atoms with van der Waals surface area (Å²) in [6.45, 7) is 1.33. The van der Waals surface area contributed by atoms with Crippen LogP contribution < -0.4 is 15.2 Å². The number of hydrogen-bond donors (Lipinski definition) is 1. The lowest BCUT2D eigenvalue weighted by Gasteiger charge is -2.20. The van der Waals surface area contributed by atoms with Crippen LogP contribution in [0.5, 0.6) is 5.75 Å². The summed E-state index contributed by atoms with van der Waals surface area (Å²) >= 11 is 1.24. The molecular weight excluding hydrogens is 430 g/mol. The molecule has 1 amide bonds. The summed E-state index contributed by atoms with van der Waals surface area (Å²) in [4.78, 5) is 45.5. The van der Waals surface area contributed by atoms with Crippen LogP contribution in [-0.2, 0) is 16.1 Å². The van der Waals surface area contributed by atoms with E-state index in [0.717, 1.165) is 0 Å². The summed E-state index contributed by atoms with van der Waals surface area (Å²) in [6.07, 6.45) is 0. The number of benzene rings is 2. The number of aromatic amines is 1. The molecule has 32 heavy (non-hydrogen) atoms. The van der Waals surface area contributed by atoms with Crippen molar-refractivity contribution in [3.8, 4) is 5.75 Å². The Morgan fingerprint density at radius 1 is 1.12 bits per heavy atom. The predicted octanol–water partition coefficient (Wildman–Crippen LogP) is 4.03. The zero-order valence-corrected chi connectivity index (χ0v) is 18.1. The lowest BCUT2D eigenvalue weighted by Crippen LogP contribution is -2.23. The Bertz CT molecular complexity index is 1360. The van der Waals surface area contributed by atoms with E-state index in [1.54, 1.807) is 47.8 Å².